The Hall–Kier alpha value is -1.35. The van der Waals surface area contributed by atoms with Crippen molar-refractivity contribution >= 4 is 27.6 Å². The molecule has 1 aromatic carbocycles. The van der Waals surface area contributed by atoms with Crippen LogP contribution in [0.2, 0.25) is 5.02 Å². The number of hydrogen-bond acceptors (Lipinski definition) is 4. The third kappa shape index (κ3) is 8.47. The first-order chi connectivity index (χ1) is 13.0. The Morgan fingerprint density at radius 1 is 1.26 bits per heavy atom. The highest BCUT2D eigenvalue weighted by Gasteiger charge is 2.17. The molecule has 1 aliphatic rings. The van der Waals surface area contributed by atoms with Crippen LogP contribution in [0.1, 0.15) is 24.8 Å². The standard InChI is InChI=1S/C18H29ClN4O3S/c1-20-18(21-10-9-15-6-2-3-8-17(15)19)22-11-13-27(24,25)23-14-16-7-4-5-12-26-16/h2-3,6,8,16,23H,4-5,7,9-14H2,1H3,(H2,20,21,22). The van der Waals surface area contributed by atoms with Gasteiger partial charge in [0.15, 0.2) is 5.96 Å². The van der Waals surface area contributed by atoms with Crippen molar-refractivity contribution in [1.82, 2.24) is 15.4 Å². The van der Waals surface area contributed by atoms with E-state index < -0.39 is 10.0 Å². The molecule has 1 saturated heterocycles. The number of sulfonamides is 1. The molecule has 0 saturated carbocycles. The second-order valence-electron chi connectivity index (χ2n) is 6.42. The largest absolute Gasteiger partial charge is 0.377 e. The molecule has 1 fully saturated rings. The highest BCUT2D eigenvalue weighted by Crippen LogP contribution is 2.14. The predicted molar refractivity (Wildman–Crippen MR) is 110 cm³/mol. The van der Waals surface area contributed by atoms with E-state index >= 15 is 0 Å². The van der Waals surface area contributed by atoms with Gasteiger partial charge in [-0.1, -0.05) is 29.8 Å². The lowest BCUT2D eigenvalue weighted by Gasteiger charge is -2.22. The number of benzene rings is 1. The van der Waals surface area contributed by atoms with Gasteiger partial charge in [0, 0.05) is 38.3 Å². The molecule has 1 aliphatic heterocycles. The lowest BCUT2D eigenvalue weighted by atomic mass is 10.1. The average molecular weight is 417 g/mol. The van der Waals surface area contributed by atoms with E-state index in [2.05, 4.69) is 20.3 Å². The van der Waals surface area contributed by atoms with Crippen molar-refractivity contribution in [2.75, 3.05) is 39.0 Å². The topological polar surface area (TPSA) is 91.8 Å². The maximum absolute atomic E-state index is 12.1. The summed E-state index contributed by atoms with van der Waals surface area (Å²) < 4.78 is 32.4. The molecular formula is C18H29ClN4O3S. The molecule has 1 heterocycles. The minimum atomic E-state index is -3.35. The lowest BCUT2D eigenvalue weighted by molar-refractivity contribution is 0.0200. The van der Waals surface area contributed by atoms with Gasteiger partial charge in [0.2, 0.25) is 10.0 Å². The first kappa shape index (κ1) is 21.9. The highest BCUT2D eigenvalue weighted by molar-refractivity contribution is 7.89. The van der Waals surface area contributed by atoms with E-state index in [-0.39, 0.29) is 18.4 Å². The van der Waals surface area contributed by atoms with Crippen LogP contribution in [-0.4, -0.2) is 59.5 Å². The Bertz CT molecular complexity index is 706. The molecule has 7 nitrogen and oxygen atoms in total. The number of nitrogens with one attached hydrogen (secondary N) is 3. The monoisotopic (exact) mass is 416 g/mol. The maximum Gasteiger partial charge on any atom is 0.213 e. The summed E-state index contributed by atoms with van der Waals surface area (Å²) in [5, 5.41) is 6.92. The van der Waals surface area contributed by atoms with Gasteiger partial charge in [0.05, 0.1) is 11.9 Å². The zero-order chi connectivity index (χ0) is 19.5. The summed E-state index contributed by atoms with van der Waals surface area (Å²) in [6, 6.07) is 7.69. The van der Waals surface area contributed by atoms with Crippen LogP contribution in [0, 0.1) is 0 Å². The quantitative estimate of drug-likeness (QED) is 0.419. The number of nitrogens with zero attached hydrogens (tertiary/aromatic N) is 1. The molecule has 0 aromatic heterocycles. The first-order valence-corrected chi connectivity index (χ1v) is 11.3. The number of guanidine groups is 1. The van der Waals surface area contributed by atoms with E-state index in [1.165, 1.54) is 0 Å². The molecule has 9 heteroatoms. The van der Waals surface area contributed by atoms with Crippen molar-refractivity contribution in [3.05, 3.63) is 34.9 Å². The van der Waals surface area contributed by atoms with Gasteiger partial charge >= 0.3 is 0 Å². The van der Waals surface area contributed by atoms with Gasteiger partial charge in [-0.15, -0.1) is 0 Å². The van der Waals surface area contributed by atoms with Crippen molar-refractivity contribution in [2.24, 2.45) is 4.99 Å². The van der Waals surface area contributed by atoms with Crippen LogP contribution < -0.4 is 15.4 Å². The summed E-state index contributed by atoms with van der Waals surface area (Å²) in [4.78, 5) is 4.11. The molecule has 27 heavy (non-hydrogen) atoms. The van der Waals surface area contributed by atoms with E-state index in [1.807, 2.05) is 24.3 Å². The van der Waals surface area contributed by atoms with Gasteiger partial charge in [0.1, 0.15) is 0 Å². The van der Waals surface area contributed by atoms with Gasteiger partial charge in [-0.3, -0.25) is 4.99 Å². The fourth-order valence-electron chi connectivity index (χ4n) is 2.80. The lowest BCUT2D eigenvalue weighted by Crippen LogP contribution is -2.43. The van der Waals surface area contributed by atoms with Crippen LogP contribution in [-0.2, 0) is 21.2 Å². The van der Waals surface area contributed by atoms with E-state index in [1.54, 1.807) is 7.05 Å². The van der Waals surface area contributed by atoms with Crippen molar-refractivity contribution in [3.8, 4) is 0 Å². The van der Waals surface area contributed by atoms with Crippen LogP contribution in [0.3, 0.4) is 0 Å². The van der Waals surface area contributed by atoms with Crippen molar-refractivity contribution < 1.29 is 13.2 Å². The molecular weight excluding hydrogens is 388 g/mol. The summed E-state index contributed by atoms with van der Waals surface area (Å²) in [5.41, 5.74) is 1.05. The Labute approximate surface area is 167 Å². The van der Waals surface area contributed by atoms with E-state index in [9.17, 15) is 8.42 Å². The van der Waals surface area contributed by atoms with Gasteiger partial charge in [-0.05, 0) is 37.3 Å². The van der Waals surface area contributed by atoms with E-state index in [0.717, 1.165) is 36.3 Å². The molecule has 0 bridgehead atoms. The van der Waals surface area contributed by atoms with Crippen LogP contribution >= 0.6 is 11.6 Å². The van der Waals surface area contributed by atoms with Gasteiger partial charge in [-0.2, -0.15) is 0 Å². The SMILES string of the molecule is CN=C(NCCc1ccccc1Cl)NCCS(=O)(=O)NCC1CCCCO1. The van der Waals surface area contributed by atoms with Crippen LogP contribution in [0.15, 0.2) is 29.3 Å². The molecule has 1 unspecified atom stereocenters. The van der Waals surface area contributed by atoms with Gasteiger partial charge < -0.3 is 15.4 Å². The van der Waals surface area contributed by atoms with Gasteiger partial charge in [0.25, 0.3) is 0 Å². The minimum Gasteiger partial charge on any atom is -0.377 e. The normalized spacial score (nSPS) is 18.3. The molecule has 0 spiro atoms. The third-order valence-electron chi connectivity index (χ3n) is 4.34. The first-order valence-electron chi connectivity index (χ1n) is 9.27. The molecule has 0 aliphatic carbocycles. The number of hydrogen-bond donors (Lipinski definition) is 3. The second kappa shape index (κ2) is 11.5. The summed E-state index contributed by atoms with van der Waals surface area (Å²) in [7, 11) is -1.70. The molecule has 1 aromatic rings. The molecule has 0 amide bonds. The Morgan fingerprint density at radius 3 is 2.74 bits per heavy atom. The molecule has 1 atom stereocenters. The zero-order valence-corrected chi connectivity index (χ0v) is 17.3. The van der Waals surface area contributed by atoms with E-state index in [0.29, 0.717) is 25.7 Å². The summed E-state index contributed by atoms with van der Waals surface area (Å²) >= 11 is 6.14. The fourth-order valence-corrected chi connectivity index (χ4v) is 3.99. The average Bonchev–Trinajstić information content (AvgIpc) is 2.67. The summed E-state index contributed by atoms with van der Waals surface area (Å²) in [6.45, 7) is 1.97. The molecule has 3 N–H and O–H groups in total. The smallest absolute Gasteiger partial charge is 0.213 e. The minimum absolute atomic E-state index is 0.0132. The van der Waals surface area contributed by atoms with Crippen molar-refractivity contribution in [1.29, 1.82) is 0 Å². The third-order valence-corrected chi connectivity index (χ3v) is 6.05. The Balaban J connectivity index is 1.65. The molecule has 152 valence electrons. The zero-order valence-electron chi connectivity index (χ0n) is 15.7. The summed E-state index contributed by atoms with van der Waals surface area (Å²) in [5.74, 6) is 0.540. The maximum atomic E-state index is 12.1. The number of ether oxygens (including phenoxy) is 1. The van der Waals surface area contributed by atoms with E-state index in [4.69, 9.17) is 16.3 Å². The molecule has 0 radical (unpaired) electrons. The Kier molecular flexibility index (Phi) is 9.33. The van der Waals surface area contributed by atoms with Crippen LogP contribution in [0.5, 0.6) is 0 Å². The Morgan fingerprint density at radius 2 is 2.04 bits per heavy atom. The van der Waals surface area contributed by atoms with Crippen LogP contribution in [0.25, 0.3) is 0 Å². The van der Waals surface area contributed by atoms with Crippen molar-refractivity contribution in [3.63, 3.8) is 0 Å². The second-order valence-corrected chi connectivity index (χ2v) is 8.76. The fraction of sp³-hybridized carbons (Fsp3) is 0.611. The number of aliphatic imine (C=N–C) groups is 1. The number of rotatable bonds is 9. The molecule has 2 rings (SSSR count). The number of halogens is 1. The van der Waals surface area contributed by atoms with Crippen LogP contribution in [0.4, 0.5) is 0 Å². The predicted octanol–water partition coefficient (Wildman–Crippen LogP) is 1.54. The summed E-state index contributed by atoms with van der Waals surface area (Å²) in [6.07, 6.45) is 3.78. The van der Waals surface area contributed by atoms with Crippen molar-refractivity contribution in [2.45, 2.75) is 31.8 Å². The highest BCUT2D eigenvalue weighted by atomic mass is 35.5. The van der Waals surface area contributed by atoms with Gasteiger partial charge in [-0.25, -0.2) is 13.1 Å².